The Morgan fingerprint density at radius 1 is 0.597 bits per heavy atom. The highest BCUT2D eigenvalue weighted by Crippen LogP contribution is 2.55. The first-order chi connectivity index (χ1) is 30.7. The first-order valence-electron chi connectivity index (χ1n) is 22.1. The lowest BCUT2D eigenvalue weighted by Crippen LogP contribution is -2.54. The van der Waals surface area contributed by atoms with Crippen LogP contribution in [-0.2, 0) is 0 Å². The van der Waals surface area contributed by atoms with Gasteiger partial charge in [-0.15, -0.1) is 0 Å². The van der Waals surface area contributed by atoms with Crippen molar-refractivity contribution < 1.29 is 0 Å². The SMILES string of the molecule is C1#CC2C3=C(c4ccccc4N(C4=CCCC(C5=CC6C=CC=CC6NC5)=C4)c4ccccc43)N(c3ccc(C4NC(c5ccccc5)NC(c5ccccc5)N4)cc3)C2C=C1. The average molecular weight is 805 g/mol. The summed E-state index contributed by atoms with van der Waals surface area (Å²) < 4.78 is 0. The molecule has 3 aliphatic carbocycles. The molecule has 6 unspecified atom stereocenters. The van der Waals surface area contributed by atoms with Gasteiger partial charge in [0, 0.05) is 46.6 Å². The number of hydrogen-bond acceptors (Lipinski definition) is 6. The number of rotatable bonds is 6. The molecule has 1 saturated heterocycles. The van der Waals surface area contributed by atoms with Crippen molar-refractivity contribution in [1.29, 1.82) is 0 Å². The fraction of sp³-hybridized carbons (Fsp3) is 0.179. The average Bonchev–Trinajstić information content (AvgIpc) is 3.63. The summed E-state index contributed by atoms with van der Waals surface area (Å²) in [7, 11) is 0. The van der Waals surface area contributed by atoms with Crippen molar-refractivity contribution in [2.24, 2.45) is 11.8 Å². The standard InChI is InChI=1S/C56H48N6/c1-3-16-37(17-4-1)54-58-55(38-18-5-2-6-19-38)60-56(59-54)39-30-32-43(33-31-39)62-50-28-13-9-24-46(50)52-45-23-8-12-27-49(45)61(51-29-14-10-25-47(51)53(52)62)44-22-15-21-40(35-44)42-34-41-20-7-11-26-48(41)57-36-42/h1-8,10-14,16-20,22-23,25-35,41,46,48,50,54-60H,15,21,36H2. The molecule has 0 aromatic heterocycles. The molecule has 1 fully saturated rings. The summed E-state index contributed by atoms with van der Waals surface area (Å²) in [5.41, 5.74) is 16.2. The largest absolute Gasteiger partial charge is 0.332 e. The van der Waals surface area contributed by atoms with Gasteiger partial charge >= 0.3 is 0 Å². The van der Waals surface area contributed by atoms with Crippen molar-refractivity contribution >= 4 is 28.3 Å². The van der Waals surface area contributed by atoms with E-state index in [1.54, 1.807) is 0 Å². The van der Waals surface area contributed by atoms with E-state index in [4.69, 9.17) is 0 Å². The summed E-state index contributed by atoms with van der Waals surface area (Å²) in [5, 5.41) is 15.3. The maximum Gasteiger partial charge on any atom is 0.0864 e. The summed E-state index contributed by atoms with van der Waals surface area (Å²) >= 11 is 0. The summed E-state index contributed by atoms with van der Waals surface area (Å²) in [6, 6.07) is 49.0. The Hall–Kier alpha value is -6.72. The molecule has 4 aliphatic heterocycles. The van der Waals surface area contributed by atoms with Crippen LogP contribution in [0.15, 0.2) is 205 Å². The Kier molecular flexibility index (Phi) is 9.35. The highest BCUT2D eigenvalue weighted by atomic mass is 15.4. The number of para-hydroxylation sites is 2. The van der Waals surface area contributed by atoms with E-state index in [0.29, 0.717) is 12.0 Å². The molecule has 12 rings (SSSR count). The molecule has 0 radical (unpaired) electrons. The Morgan fingerprint density at radius 3 is 1.95 bits per heavy atom. The number of fused-ring (bicyclic) bond motifs is 7. The van der Waals surface area contributed by atoms with Crippen LogP contribution in [0.25, 0.3) is 11.3 Å². The molecule has 5 aromatic rings. The lowest BCUT2D eigenvalue weighted by atomic mass is 9.85. The molecule has 6 atom stereocenters. The molecular weight excluding hydrogens is 757 g/mol. The number of nitrogens with one attached hydrogen (secondary N) is 4. The van der Waals surface area contributed by atoms with E-state index in [2.05, 4.69) is 225 Å². The van der Waals surface area contributed by atoms with Crippen LogP contribution in [0, 0.1) is 23.7 Å². The zero-order valence-electron chi connectivity index (χ0n) is 34.5. The molecule has 302 valence electrons. The number of benzene rings is 5. The van der Waals surface area contributed by atoms with Gasteiger partial charge in [-0.2, -0.15) is 0 Å². The predicted octanol–water partition coefficient (Wildman–Crippen LogP) is 10.5. The Balaban J connectivity index is 0.933. The molecule has 6 heteroatoms. The molecule has 0 spiro atoms. The van der Waals surface area contributed by atoms with Crippen molar-refractivity contribution in [1.82, 2.24) is 21.3 Å². The Labute approximate surface area is 364 Å². The third-order valence-corrected chi connectivity index (χ3v) is 13.5. The van der Waals surface area contributed by atoms with Crippen molar-refractivity contribution in [3.63, 3.8) is 0 Å². The van der Waals surface area contributed by atoms with Gasteiger partial charge in [0.25, 0.3) is 0 Å². The van der Waals surface area contributed by atoms with E-state index >= 15 is 0 Å². The van der Waals surface area contributed by atoms with Crippen LogP contribution in [0.5, 0.6) is 0 Å². The van der Waals surface area contributed by atoms with Crippen LogP contribution >= 0.6 is 0 Å². The Morgan fingerprint density at radius 2 is 1.23 bits per heavy atom. The Bertz CT molecular complexity index is 2790. The lowest BCUT2D eigenvalue weighted by molar-refractivity contribution is 0.203. The van der Waals surface area contributed by atoms with Gasteiger partial charge in [-0.05, 0) is 77.1 Å². The first kappa shape index (κ1) is 37.1. The zero-order valence-corrected chi connectivity index (χ0v) is 34.5. The van der Waals surface area contributed by atoms with Gasteiger partial charge in [0.05, 0.1) is 47.5 Å². The maximum atomic E-state index is 3.87. The second-order valence-corrected chi connectivity index (χ2v) is 17.1. The van der Waals surface area contributed by atoms with E-state index in [-0.39, 0.29) is 30.5 Å². The van der Waals surface area contributed by atoms with E-state index < -0.39 is 0 Å². The van der Waals surface area contributed by atoms with Crippen LogP contribution in [0.3, 0.4) is 0 Å². The molecule has 4 heterocycles. The van der Waals surface area contributed by atoms with Gasteiger partial charge in [-0.1, -0.05) is 164 Å². The number of hydrogen-bond donors (Lipinski definition) is 4. The van der Waals surface area contributed by atoms with Gasteiger partial charge in [0.15, 0.2) is 0 Å². The van der Waals surface area contributed by atoms with Gasteiger partial charge in [0.2, 0.25) is 0 Å². The first-order valence-corrected chi connectivity index (χ1v) is 22.1. The molecule has 0 bridgehead atoms. The molecule has 0 amide bonds. The van der Waals surface area contributed by atoms with E-state index in [1.165, 1.54) is 67.3 Å². The molecule has 5 aromatic carbocycles. The van der Waals surface area contributed by atoms with Crippen molar-refractivity contribution in [3.05, 3.63) is 233 Å². The van der Waals surface area contributed by atoms with Crippen LogP contribution < -0.4 is 31.1 Å². The van der Waals surface area contributed by atoms with E-state index in [9.17, 15) is 0 Å². The summed E-state index contributed by atoms with van der Waals surface area (Å²) in [5.74, 6) is 7.50. The summed E-state index contributed by atoms with van der Waals surface area (Å²) in [4.78, 5) is 5.09. The van der Waals surface area contributed by atoms with Crippen molar-refractivity contribution in [2.75, 3.05) is 16.3 Å². The fourth-order valence-electron chi connectivity index (χ4n) is 10.6. The fourth-order valence-corrected chi connectivity index (χ4v) is 10.6. The van der Waals surface area contributed by atoms with Crippen LogP contribution in [0.1, 0.15) is 59.2 Å². The van der Waals surface area contributed by atoms with Crippen LogP contribution in [0.4, 0.5) is 17.1 Å². The van der Waals surface area contributed by atoms with Crippen LogP contribution in [-0.4, -0.2) is 18.6 Å². The topological polar surface area (TPSA) is 54.6 Å². The van der Waals surface area contributed by atoms with Gasteiger partial charge in [0.1, 0.15) is 0 Å². The second-order valence-electron chi connectivity index (χ2n) is 17.1. The summed E-state index contributed by atoms with van der Waals surface area (Å²) in [6.07, 6.45) is 22.6. The van der Waals surface area contributed by atoms with Crippen molar-refractivity contribution in [2.45, 2.75) is 43.4 Å². The summed E-state index contributed by atoms with van der Waals surface area (Å²) in [6.45, 7) is 0.884. The highest BCUT2D eigenvalue weighted by Gasteiger charge is 2.45. The quantitative estimate of drug-likeness (QED) is 0.128. The minimum absolute atomic E-state index is 0.00490. The number of allylic oxidation sites excluding steroid dienone is 5. The third-order valence-electron chi connectivity index (χ3n) is 13.5. The van der Waals surface area contributed by atoms with Gasteiger partial charge in [-0.3, -0.25) is 16.0 Å². The molecule has 0 saturated carbocycles. The number of nitrogens with zero attached hydrogens (tertiary/aromatic N) is 2. The lowest BCUT2D eigenvalue weighted by Gasteiger charge is -2.40. The molecular formula is C56H48N6. The van der Waals surface area contributed by atoms with E-state index in [0.717, 1.165) is 25.1 Å². The normalized spacial score (nSPS) is 26.7. The van der Waals surface area contributed by atoms with Gasteiger partial charge < -0.3 is 15.1 Å². The molecule has 62 heavy (non-hydrogen) atoms. The predicted molar refractivity (Wildman–Crippen MR) is 253 cm³/mol. The minimum Gasteiger partial charge on any atom is -0.332 e. The maximum absolute atomic E-state index is 3.87. The van der Waals surface area contributed by atoms with E-state index in [1.807, 2.05) is 6.08 Å². The minimum atomic E-state index is -0.0828. The number of anilines is 3. The monoisotopic (exact) mass is 804 g/mol. The third kappa shape index (κ3) is 6.45. The zero-order chi connectivity index (χ0) is 41.0. The smallest absolute Gasteiger partial charge is 0.0864 e. The highest BCUT2D eigenvalue weighted by molar-refractivity contribution is 6.10. The van der Waals surface area contributed by atoms with Crippen molar-refractivity contribution in [3.8, 4) is 11.8 Å². The van der Waals surface area contributed by atoms with Crippen LogP contribution in [0.2, 0.25) is 0 Å². The second kappa shape index (κ2) is 15.6. The molecule has 4 N–H and O–H groups in total. The van der Waals surface area contributed by atoms with Gasteiger partial charge in [-0.25, -0.2) is 0 Å². The molecule has 6 nitrogen and oxygen atoms in total. The molecule has 7 aliphatic rings.